The zero-order chi connectivity index (χ0) is 32.8. The van der Waals surface area contributed by atoms with Gasteiger partial charge in [0.15, 0.2) is 0 Å². The maximum Gasteiger partial charge on any atom is 0.221 e. The number of para-hydroxylation sites is 4. The average molecular weight is 637 g/mol. The van der Waals surface area contributed by atoms with E-state index in [1.54, 1.807) is 0 Å². The minimum absolute atomic E-state index is 0.828. The van der Waals surface area contributed by atoms with Crippen molar-refractivity contribution in [1.82, 2.24) is 18.9 Å². The number of nitrogens with zero attached hydrogens (tertiary/aromatic N) is 4. The normalized spacial score (nSPS) is 12.0. The van der Waals surface area contributed by atoms with Crippen LogP contribution in [-0.2, 0) is 0 Å². The molecule has 0 bridgehead atoms. The van der Waals surface area contributed by atoms with E-state index in [-0.39, 0.29) is 0 Å². The van der Waals surface area contributed by atoms with Gasteiger partial charge in [0.2, 0.25) is 5.95 Å². The molecule has 4 heteroatoms. The third-order valence-corrected chi connectivity index (χ3v) is 10.3. The molecule has 11 rings (SSSR count). The van der Waals surface area contributed by atoms with E-state index in [2.05, 4.69) is 167 Å². The van der Waals surface area contributed by atoms with Gasteiger partial charge >= 0.3 is 0 Å². The number of hydrogen-bond acceptors (Lipinski definition) is 2. The van der Waals surface area contributed by atoms with Gasteiger partial charge in [-0.15, -0.1) is 0 Å². The summed E-state index contributed by atoms with van der Waals surface area (Å²) in [6.07, 6.45) is 0. The van der Waals surface area contributed by atoms with Gasteiger partial charge < -0.3 is 0 Å². The van der Waals surface area contributed by atoms with Gasteiger partial charge in [-0.2, -0.15) is 0 Å². The van der Waals surface area contributed by atoms with E-state index in [0.29, 0.717) is 0 Å². The Balaban J connectivity index is 1.25. The number of benzene rings is 8. The van der Waals surface area contributed by atoms with Gasteiger partial charge in [-0.3, -0.25) is 8.97 Å². The number of fused-ring (bicyclic) bond motifs is 10. The molecule has 0 atom stereocenters. The van der Waals surface area contributed by atoms with Crippen molar-refractivity contribution in [2.75, 3.05) is 0 Å². The molecule has 0 aliphatic rings. The molecule has 0 spiro atoms. The summed E-state index contributed by atoms with van der Waals surface area (Å²) in [4.78, 5) is 10.5. The molecule has 50 heavy (non-hydrogen) atoms. The predicted octanol–water partition coefficient (Wildman–Crippen LogP) is 11.8. The van der Waals surface area contributed by atoms with Crippen LogP contribution in [0, 0.1) is 0 Å². The highest BCUT2D eigenvalue weighted by Crippen LogP contribution is 2.45. The number of imidazole rings is 1. The standard InChI is InChI=1S/C46H28N4/c1-2-14-29(15-3-1)43-32-17-4-6-19-34(32)44(35-20-7-5-18-33(35)43)30-26-27-41-37(28-30)31-16-9-12-24-40(31)49(41)46-48-38-22-10-8-21-36(38)45-47-39-23-11-13-25-42(39)50(45)46/h1-28H. The first kappa shape index (κ1) is 27.2. The third-order valence-electron chi connectivity index (χ3n) is 10.3. The molecule has 11 aromatic rings. The molecule has 0 amide bonds. The molecule has 232 valence electrons. The third kappa shape index (κ3) is 3.76. The smallest absolute Gasteiger partial charge is 0.221 e. The van der Waals surface area contributed by atoms with E-state index < -0.39 is 0 Å². The van der Waals surface area contributed by atoms with Gasteiger partial charge in [0.25, 0.3) is 0 Å². The molecule has 8 aromatic carbocycles. The highest BCUT2D eigenvalue weighted by atomic mass is 15.2. The van der Waals surface area contributed by atoms with Crippen molar-refractivity contribution >= 4 is 70.9 Å². The molecule has 0 radical (unpaired) electrons. The molecule has 0 saturated carbocycles. The monoisotopic (exact) mass is 636 g/mol. The molecule has 0 saturated heterocycles. The maximum atomic E-state index is 5.36. The predicted molar refractivity (Wildman–Crippen MR) is 208 cm³/mol. The van der Waals surface area contributed by atoms with E-state index in [0.717, 1.165) is 44.6 Å². The van der Waals surface area contributed by atoms with Crippen molar-refractivity contribution in [3.05, 3.63) is 170 Å². The van der Waals surface area contributed by atoms with E-state index in [1.807, 2.05) is 12.1 Å². The number of hydrogen-bond donors (Lipinski definition) is 0. The topological polar surface area (TPSA) is 35.1 Å². The molecule has 3 heterocycles. The van der Waals surface area contributed by atoms with Crippen molar-refractivity contribution in [2.24, 2.45) is 0 Å². The van der Waals surface area contributed by atoms with E-state index in [1.165, 1.54) is 54.6 Å². The summed E-state index contributed by atoms with van der Waals surface area (Å²) < 4.78 is 4.54. The minimum atomic E-state index is 0.828. The van der Waals surface area contributed by atoms with E-state index in [9.17, 15) is 0 Å². The van der Waals surface area contributed by atoms with Gasteiger partial charge in [0.05, 0.1) is 27.6 Å². The summed E-state index contributed by atoms with van der Waals surface area (Å²) in [5, 5.41) is 8.41. The average Bonchev–Trinajstić information content (AvgIpc) is 3.73. The Morgan fingerprint density at radius 3 is 1.56 bits per heavy atom. The quantitative estimate of drug-likeness (QED) is 0.181. The summed E-state index contributed by atoms with van der Waals surface area (Å²) in [7, 11) is 0. The SMILES string of the molecule is c1ccc(-c2c3ccccc3c(-c3ccc4c(c3)c3ccccc3n4-c3nc4ccccc4c4nc5ccccc5n34)c3ccccc23)cc1. The van der Waals surface area contributed by atoms with Crippen molar-refractivity contribution < 1.29 is 0 Å². The zero-order valence-electron chi connectivity index (χ0n) is 27.0. The largest absolute Gasteiger partial charge is 0.279 e. The Morgan fingerprint density at radius 1 is 0.340 bits per heavy atom. The van der Waals surface area contributed by atoms with Crippen LogP contribution in [0.15, 0.2) is 170 Å². The Hall–Kier alpha value is -6.78. The summed E-state index contributed by atoms with van der Waals surface area (Å²) >= 11 is 0. The zero-order valence-corrected chi connectivity index (χ0v) is 27.0. The Bertz CT molecular complexity index is 3090. The van der Waals surface area contributed by atoms with Crippen LogP contribution in [0.25, 0.3) is 99.1 Å². The lowest BCUT2D eigenvalue weighted by Crippen LogP contribution is -2.06. The number of aromatic nitrogens is 4. The van der Waals surface area contributed by atoms with Crippen molar-refractivity contribution in [2.45, 2.75) is 0 Å². The van der Waals surface area contributed by atoms with Crippen LogP contribution >= 0.6 is 0 Å². The van der Waals surface area contributed by atoms with Crippen LogP contribution < -0.4 is 0 Å². The van der Waals surface area contributed by atoms with Crippen LogP contribution in [0.3, 0.4) is 0 Å². The lowest BCUT2D eigenvalue weighted by molar-refractivity contribution is 0.979. The second-order valence-electron chi connectivity index (χ2n) is 13.0. The van der Waals surface area contributed by atoms with Gasteiger partial charge in [0.1, 0.15) is 5.65 Å². The summed E-state index contributed by atoms with van der Waals surface area (Å²) in [6.45, 7) is 0. The first-order chi connectivity index (χ1) is 24.8. The van der Waals surface area contributed by atoms with Gasteiger partial charge in [-0.05, 0) is 86.3 Å². The summed E-state index contributed by atoms with van der Waals surface area (Å²) in [6, 6.07) is 60.8. The summed E-state index contributed by atoms with van der Waals surface area (Å²) in [5.41, 5.74) is 11.0. The van der Waals surface area contributed by atoms with E-state index >= 15 is 0 Å². The molecular formula is C46H28N4. The molecule has 0 aliphatic carbocycles. The lowest BCUT2D eigenvalue weighted by Gasteiger charge is -2.18. The lowest BCUT2D eigenvalue weighted by atomic mass is 9.86. The van der Waals surface area contributed by atoms with Crippen molar-refractivity contribution in [1.29, 1.82) is 0 Å². The second-order valence-corrected chi connectivity index (χ2v) is 13.0. The molecule has 3 aromatic heterocycles. The van der Waals surface area contributed by atoms with Gasteiger partial charge in [-0.1, -0.05) is 127 Å². The highest BCUT2D eigenvalue weighted by molar-refractivity contribution is 6.22. The molecule has 0 aliphatic heterocycles. The second kappa shape index (κ2) is 10.4. The Kier molecular flexibility index (Phi) is 5.63. The highest BCUT2D eigenvalue weighted by Gasteiger charge is 2.22. The van der Waals surface area contributed by atoms with Crippen molar-refractivity contribution in [3.63, 3.8) is 0 Å². The molecule has 4 nitrogen and oxygen atoms in total. The van der Waals surface area contributed by atoms with Crippen LogP contribution in [0.2, 0.25) is 0 Å². The fourth-order valence-electron chi connectivity index (χ4n) is 8.18. The minimum Gasteiger partial charge on any atom is -0.279 e. The molecular weight excluding hydrogens is 609 g/mol. The first-order valence-corrected chi connectivity index (χ1v) is 17.0. The molecule has 0 unspecified atom stereocenters. The first-order valence-electron chi connectivity index (χ1n) is 17.0. The fourth-order valence-corrected chi connectivity index (χ4v) is 8.18. The summed E-state index contributed by atoms with van der Waals surface area (Å²) in [5.74, 6) is 0.828. The van der Waals surface area contributed by atoms with Gasteiger partial charge in [-0.25, -0.2) is 9.97 Å². The van der Waals surface area contributed by atoms with Crippen molar-refractivity contribution in [3.8, 4) is 28.2 Å². The molecule has 0 N–H and O–H groups in total. The Morgan fingerprint density at radius 2 is 0.860 bits per heavy atom. The van der Waals surface area contributed by atoms with Gasteiger partial charge in [0, 0.05) is 16.2 Å². The molecule has 0 fully saturated rings. The van der Waals surface area contributed by atoms with E-state index in [4.69, 9.17) is 9.97 Å². The maximum absolute atomic E-state index is 5.36. The fraction of sp³-hybridized carbons (Fsp3) is 0. The van der Waals surface area contributed by atoms with Crippen LogP contribution in [0.4, 0.5) is 0 Å². The Labute approximate surface area is 287 Å². The van der Waals surface area contributed by atoms with Crippen LogP contribution in [-0.4, -0.2) is 18.9 Å². The number of rotatable bonds is 3. The van der Waals surface area contributed by atoms with Crippen LogP contribution in [0.5, 0.6) is 0 Å². The van der Waals surface area contributed by atoms with Crippen LogP contribution in [0.1, 0.15) is 0 Å².